The summed E-state index contributed by atoms with van der Waals surface area (Å²) in [6, 6.07) is 7.52. The highest BCUT2D eigenvalue weighted by Crippen LogP contribution is 2.27. The van der Waals surface area contributed by atoms with Gasteiger partial charge in [0.1, 0.15) is 19.0 Å². The molecule has 0 bridgehead atoms. The maximum atomic E-state index is 12.2. The summed E-state index contributed by atoms with van der Waals surface area (Å²) in [6.07, 6.45) is 0. The maximum absolute atomic E-state index is 12.2. The molecule has 6 nitrogen and oxygen atoms in total. The van der Waals surface area contributed by atoms with Crippen LogP contribution in [0.1, 0.15) is 21.5 Å². The van der Waals surface area contributed by atoms with E-state index in [0.717, 1.165) is 0 Å². The first kappa shape index (κ1) is 20.5. The van der Waals surface area contributed by atoms with Crippen LogP contribution in [0.25, 0.3) is 0 Å². The van der Waals surface area contributed by atoms with Crippen LogP contribution < -0.4 is 9.88 Å². The Hall–Kier alpha value is -1.80. The molecule has 0 saturated carbocycles. The summed E-state index contributed by atoms with van der Waals surface area (Å²) in [5.74, 6) is -0.265. The highest BCUT2D eigenvalue weighted by molar-refractivity contribution is 7.89. The Balaban J connectivity index is 2.01. The van der Waals surface area contributed by atoms with Crippen LogP contribution in [0.5, 0.6) is 5.75 Å². The average molecular weight is 418 g/mol. The Morgan fingerprint density at radius 3 is 2.42 bits per heavy atom. The van der Waals surface area contributed by atoms with Gasteiger partial charge in [0.25, 0.3) is 0 Å². The van der Waals surface area contributed by atoms with Crippen molar-refractivity contribution in [3.8, 4) is 5.75 Å². The molecule has 0 amide bonds. The van der Waals surface area contributed by atoms with Gasteiger partial charge in [-0.3, -0.25) is 0 Å². The number of aryl methyl sites for hydroxylation is 1. The number of carbonyl (C=O) groups excluding carboxylic acids is 1. The molecular formula is C17H17Cl2NO5S. The van der Waals surface area contributed by atoms with Gasteiger partial charge in [-0.1, -0.05) is 23.2 Å². The molecule has 0 aliphatic heterocycles. The van der Waals surface area contributed by atoms with E-state index in [1.165, 1.54) is 12.1 Å². The Bertz CT molecular complexity index is 944. The van der Waals surface area contributed by atoms with E-state index in [1.54, 1.807) is 32.0 Å². The van der Waals surface area contributed by atoms with Gasteiger partial charge in [0.2, 0.25) is 10.0 Å². The molecule has 26 heavy (non-hydrogen) atoms. The first-order valence-electron chi connectivity index (χ1n) is 7.48. The summed E-state index contributed by atoms with van der Waals surface area (Å²) in [5.41, 5.74) is 1.21. The summed E-state index contributed by atoms with van der Waals surface area (Å²) in [5, 5.41) is 6.01. The minimum atomic E-state index is -3.94. The van der Waals surface area contributed by atoms with Crippen LogP contribution in [0.3, 0.4) is 0 Å². The third-order valence-corrected chi connectivity index (χ3v) is 5.20. The van der Waals surface area contributed by atoms with E-state index in [0.29, 0.717) is 26.9 Å². The third-order valence-electron chi connectivity index (χ3n) is 3.63. The predicted molar refractivity (Wildman–Crippen MR) is 99.5 cm³/mol. The molecule has 2 aromatic rings. The zero-order chi connectivity index (χ0) is 19.5. The Morgan fingerprint density at radius 2 is 1.81 bits per heavy atom. The van der Waals surface area contributed by atoms with Crippen molar-refractivity contribution in [3.63, 3.8) is 0 Å². The number of benzene rings is 2. The van der Waals surface area contributed by atoms with Crippen LogP contribution in [0.15, 0.2) is 35.2 Å². The van der Waals surface area contributed by atoms with Crippen LogP contribution in [0.4, 0.5) is 0 Å². The van der Waals surface area contributed by atoms with Gasteiger partial charge in [-0.15, -0.1) is 0 Å². The van der Waals surface area contributed by atoms with Crippen molar-refractivity contribution in [2.45, 2.75) is 18.7 Å². The van der Waals surface area contributed by atoms with E-state index < -0.39 is 16.0 Å². The molecule has 0 saturated heterocycles. The fraction of sp³-hybridized carbons (Fsp3) is 0.235. The second-order valence-corrected chi connectivity index (χ2v) is 7.89. The normalized spacial score (nSPS) is 11.3. The molecule has 0 radical (unpaired) electrons. The second-order valence-electron chi connectivity index (χ2n) is 5.52. The zero-order valence-corrected chi connectivity index (χ0v) is 16.4. The van der Waals surface area contributed by atoms with Crippen LogP contribution in [-0.2, 0) is 14.8 Å². The molecule has 140 valence electrons. The molecule has 9 heteroatoms. The summed E-state index contributed by atoms with van der Waals surface area (Å²) in [7, 11) is -3.94. The molecule has 2 aromatic carbocycles. The lowest BCUT2D eigenvalue weighted by molar-refractivity contribution is 0.0450. The van der Waals surface area contributed by atoms with Gasteiger partial charge in [-0.2, -0.15) is 0 Å². The lowest BCUT2D eigenvalue weighted by Crippen LogP contribution is -2.17. The smallest absolute Gasteiger partial charge is 0.338 e. The van der Waals surface area contributed by atoms with Gasteiger partial charge < -0.3 is 9.47 Å². The maximum Gasteiger partial charge on any atom is 0.338 e. The number of nitrogens with two attached hydrogens (primary N) is 1. The third kappa shape index (κ3) is 5.11. The van der Waals surface area contributed by atoms with Crippen LogP contribution >= 0.6 is 23.2 Å². The summed E-state index contributed by atoms with van der Waals surface area (Å²) < 4.78 is 33.8. The van der Waals surface area contributed by atoms with Gasteiger partial charge in [-0.05, 0) is 55.3 Å². The number of rotatable bonds is 6. The lowest BCUT2D eigenvalue weighted by atomic mass is 10.1. The van der Waals surface area contributed by atoms with Crippen LogP contribution in [0, 0.1) is 13.8 Å². The molecule has 0 spiro atoms. The fourth-order valence-electron chi connectivity index (χ4n) is 2.20. The van der Waals surface area contributed by atoms with Crippen molar-refractivity contribution in [1.29, 1.82) is 0 Å². The number of carbonyl (C=O) groups is 1. The van der Waals surface area contributed by atoms with Gasteiger partial charge in [-0.25, -0.2) is 18.4 Å². The minimum Gasteiger partial charge on any atom is -0.488 e. The van der Waals surface area contributed by atoms with Crippen LogP contribution in [0.2, 0.25) is 10.0 Å². The average Bonchev–Trinajstić information content (AvgIpc) is 2.54. The summed E-state index contributed by atoms with van der Waals surface area (Å²) in [4.78, 5) is 12.1. The highest BCUT2D eigenvalue weighted by atomic mass is 35.5. The van der Waals surface area contributed by atoms with E-state index in [1.807, 2.05) is 0 Å². The first-order valence-corrected chi connectivity index (χ1v) is 9.79. The molecular weight excluding hydrogens is 401 g/mol. The number of primary sulfonamides is 1. The monoisotopic (exact) mass is 417 g/mol. The van der Waals surface area contributed by atoms with Crippen molar-refractivity contribution >= 4 is 39.2 Å². The molecule has 0 fully saturated rings. The number of halogens is 2. The quantitative estimate of drug-likeness (QED) is 0.572. The molecule has 0 aromatic heterocycles. The van der Waals surface area contributed by atoms with Crippen LogP contribution in [-0.4, -0.2) is 27.6 Å². The van der Waals surface area contributed by atoms with Gasteiger partial charge in [0.15, 0.2) is 0 Å². The summed E-state index contributed by atoms with van der Waals surface area (Å²) in [6.45, 7) is 3.33. The van der Waals surface area contributed by atoms with E-state index in [-0.39, 0.29) is 23.7 Å². The number of sulfonamides is 1. The number of hydrogen-bond acceptors (Lipinski definition) is 5. The standard InChI is InChI=1S/C17H17Cl2NO5S/c1-10-7-12(8-16(11(10)2)26(20,22)23)17(21)25-6-5-24-15-4-3-13(18)9-14(15)19/h3-4,7-9H,5-6H2,1-2H3,(H2,20,22,23). The first-order chi connectivity index (χ1) is 12.1. The topological polar surface area (TPSA) is 95.7 Å². The number of ether oxygens (including phenoxy) is 2. The predicted octanol–water partition coefficient (Wildman–Crippen LogP) is 3.49. The number of hydrogen-bond donors (Lipinski definition) is 1. The Kier molecular flexibility index (Phi) is 6.52. The van der Waals surface area contributed by atoms with E-state index in [2.05, 4.69) is 0 Å². The molecule has 0 unspecified atom stereocenters. The van der Waals surface area contributed by atoms with Gasteiger partial charge in [0.05, 0.1) is 15.5 Å². The minimum absolute atomic E-state index is 0.0462. The molecule has 2 N–H and O–H groups in total. The number of esters is 1. The molecule has 0 heterocycles. The molecule has 0 aliphatic carbocycles. The Labute approximate surface area is 161 Å². The molecule has 0 atom stereocenters. The second kappa shape index (κ2) is 8.26. The largest absolute Gasteiger partial charge is 0.488 e. The van der Waals surface area contributed by atoms with Crippen molar-refractivity contribution in [2.75, 3.05) is 13.2 Å². The molecule has 2 rings (SSSR count). The summed E-state index contributed by atoms with van der Waals surface area (Å²) >= 11 is 11.8. The zero-order valence-electron chi connectivity index (χ0n) is 14.1. The van der Waals surface area contributed by atoms with E-state index in [4.69, 9.17) is 37.8 Å². The van der Waals surface area contributed by atoms with Crippen molar-refractivity contribution in [3.05, 3.63) is 57.1 Å². The molecule has 0 aliphatic rings. The van der Waals surface area contributed by atoms with Gasteiger partial charge in [0, 0.05) is 5.02 Å². The fourth-order valence-corrected chi connectivity index (χ4v) is 3.54. The van der Waals surface area contributed by atoms with Gasteiger partial charge >= 0.3 is 5.97 Å². The van der Waals surface area contributed by atoms with E-state index >= 15 is 0 Å². The van der Waals surface area contributed by atoms with Crippen molar-refractivity contribution in [2.24, 2.45) is 5.14 Å². The van der Waals surface area contributed by atoms with Crippen molar-refractivity contribution < 1.29 is 22.7 Å². The Morgan fingerprint density at radius 1 is 1.12 bits per heavy atom. The van der Waals surface area contributed by atoms with Crippen molar-refractivity contribution in [1.82, 2.24) is 0 Å². The SMILES string of the molecule is Cc1cc(C(=O)OCCOc2ccc(Cl)cc2Cl)cc(S(N)(=O)=O)c1C. The van der Waals surface area contributed by atoms with E-state index in [9.17, 15) is 13.2 Å². The lowest BCUT2D eigenvalue weighted by Gasteiger charge is -2.11. The highest BCUT2D eigenvalue weighted by Gasteiger charge is 2.18.